The van der Waals surface area contributed by atoms with Crippen LogP contribution in [0.15, 0.2) is 12.4 Å². The van der Waals surface area contributed by atoms with Gasteiger partial charge in [0.25, 0.3) is 0 Å². The van der Waals surface area contributed by atoms with E-state index in [9.17, 15) is 15.0 Å². The van der Waals surface area contributed by atoms with Gasteiger partial charge in [-0.15, -0.1) is 0 Å². The fourth-order valence-electron chi connectivity index (χ4n) is 2.92. The second kappa shape index (κ2) is 8.10. The van der Waals surface area contributed by atoms with Crippen molar-refractivity contribution in [3.63, 3.8) is 0 Å². The van der Waals surface area contributed by atoms with Crippen LogP contribution in [-0.4, -0.2) is 51.4 Å². The van der Waals surface area contributed by atoms with E-state index in [0.717, 1.165) is 38.0 Å². The summed E-state index contributed by atoms with van der Waals surface area (Å²) in [7, 11) is 0. The van der Waals surface area contributed by atoms with E-state index in [-0.39, 0.29) is 18.6 Å². The largest absolute Gasteiger partial charge is 0.480 e. The summed E-state index contributed by atoms with van der Waals surface area (Å²) < 4.78 is 0. The topological polar surface area (TPSA) is 98.6 Å². The third kappa shape index (κ3) is 4.31. The molecule has 0 aromatic carbocycles. The number of carbonyl (C=O) groups is 1. The summed E-state index contributed by atoms with van der Waals surface area (Å²) in [6.07, 6.45) is 5.31. The fraction of sp³-hybridized carbons (Fsp3) is 0.688. The number of nitrogens with one attached hydrogen (secondary N) is 1. The summed E-state index contributed by atoms with van der Waals surface area (Å²) in [4.78, 5) is 22.0. The van der Waals surface area contributed by atoms with Crippen LogP contribution in [0.1, 0.15) is 39.5 Å². The van der Waals surface area contributed by atoms with Crippen LogP contribution in [0.25, 0.3) is 0 Å². The first-order valence-corrected chi connectivity index (χ1v) is 8.25. The lowest BCUT2D eigenvalue weighted by atomic mass is 9.99. The number of piperidine rings is 1. The molecule has 7 nitrogen and oxygen atoms in total. The molecule has 0 aliphatic carbocycles. The van der Waals surface area contributed by atoms with Gasteiger partial charge in [0.05, 0.1) is 12.6 Å². The standard InChI is InChI=1S/C16H26N4O3/c1-3-11(2)15(16(22)23)19-13-8-14(18-10-17-13)20-7-5-4-6-12(20)9-21/h8,10-12,15,21H,3-7,9H2,1-2H3,(H,22,23)(H,17,18,19)/t11-,12?,15-/m0/s1. The molecular formula is C16H26N4O3. The van der Waals surface area contributed by atoms with Gasteiger partial charge in [0.1, 0.15) is 24.0 Å². The maximum atomic E-state index is 11.4. The van der Waals surface area contributed by atoms with Crippen molar-refractivity contribution >= 4 is 17.6 Å². The molecule has 128 valence electrons. The number of nitrogens with zero attached hydrogens (tertiary/aromatic N) is 3. The molecule has 1 aromatic rings. The number of aliphatic carboxylic acids is 1. The van der Waals surface area contributed by atoms with Crippen molar-refractivity contribution in [1.82, 2.24) is 9.97 Å². The lowest BCUT2D eigenvalue weighted by Crippen LogP contribution is -2.42. The van der Waals surface area contributed by atoms with Crippen LogP contribution in [-0.2, 0) is 4.79 Å². The van der Waals surface area contributed by atoms with E-state index in [0.29, 0.717) is 5.82 Å². The number of hydrogen-bond acceptors (Lipinski definition) is 6. The zero-order valence-electron chi connectivity index (χ0n) is 13.8. The summed E-state index contributed by atoms with van der Waals surface area (Å²) >= 11 is 0. The zero-order valence-corrected chi connectivity index (χ0v) is 13.8. The molecule has 2 rings (SSSR count). The summed E-state index contributed by atoms with van der Waals surface area (Å²) in [5, 5.41) is 21.9. The van der Waals surface area contributed by atoms with Crippen molar-refractivity contribution in [3.05, 3.63) is 12.4 Å². The van der Waals surface area contributed by atoms with Gasteiger partial charge in [-0.25, -0.2) is 14.8 Å². The summed E-state index contributed by atoms with van der Waals surface area (Å²) in [5.41, 5.74) is 0. The SMILES string of the molecule is CC[C@H](C)[C@H](Nc1cc(N2CCCCC2CO)ncn1)C(=O)O. The van der Waals surface area contributed by atoms with Crippen molar-refractivity contribution in [1.29, 1.82) is 0 Å². The van der Waals surface area contributed by atoms with Crippen LogP contribution < -0.4 is 10.2 Å². The number of hydrogen-bond donors (Lipinski definition) is 3. The molecule has 0 radical (unpaired) electrons. The average molecular weight is 322 g/mol. The van der Waals surface area contributed by atoms with Gasteiger partial charge >= 0.3 is 5.97 Å². The highest BCUT2D eigenvalue weighted by Crippen LogP contribution is 2.24. The Bertz CT molecular complexity index is 526. The fourth-order valence-corrected chi connectivity index (χ4v) is 2.92. The van der Waals surface area contributed by atoms with Crippen molar-refractivity contribution in [3.8, 4) is 0 Å². The highest BCUT2D eigenvalue weighted by atomic mass is 16.4. The van der Waals surface area contributed by atoms with Crippen molar-refractivity contribution in [2.75, 3.05) is 23.4 Å². The normalized spacial score (nSPS) is 20.8. The molecule has 1 aliphatic heterocycles. The quantitative estimate of drug-likeness (QED) is 0.703. The van der Waals surface area contributed by atoms with Gasteiger partial charge in [-0.1, -0.05) is 20.3 Å². The second-order valence-corrected chi connectivity index (χ2v) is 6.13. The third-order valence-electron chi connectivity index (χ3n) is 4.57. The van der Waals surface area contributed by atoms with Crippen molar-refractivity contribution in [2.45, 2.75) is 51.6 Å². The Hall–Kier alpha value is -1.89. The molecule has 3 N–H and O–H groups in total. The Morgan fingerprint density at radius 3 is 2.91 bits per heavy atom. The maximum absolute atomic E-state index is 11.4. The van der Waals surface area contributed by atoms with E-state index < -0.39 is 12.0 Å². The molecule has 1 saturated heterocycles. The number of aliphatic hydroxyl groups excluding tert-OH is 1. The molecule has 0 saturated carbocycles. The third-order valence-corrected chi connectivity index (χ3v) is 4.57. The van der Waals surface area contributed by atoms with Gasteiger partial charge in [-0.2, -0.15) is 0 Å². The number of rotatable bonds is 7. The van der Waals surface area contributed by atoms with Gasteiger partial charge in [0.2, 0.25) is 0 Å². The molecule has 0 bridgehead atoms. The van der Waals surface area contributed by atoms with Gasteiger partial charge in [0, 0.05) is 12.6 Å². The van der Waals surface area contributed by atoms with Crippen molar-refractivity contribution in [2.24, 2.45) is 5.92 Å². The lowest BCUT2D eigenvalue weighted by molar-refractivity contribution is -0.139. The molecule has 1 aliphatic rings. The van der Waals surface area contributed by atoms with Crippen LogP contribution in [0.2, 0.25) is 0 Å². The molecule has 1 unspecified atom stereocenters. The van der Waals surface area contributed by atoms with Crippen molar-refractivity contribution < 1.29 is 15.0 Å². The van der Waals surface area contributed by atoms with Crippen LogP contribution in [0.4, 0.5) is 11.6 Å². The summed E-state index contributed by atoms with van der Waals surface area (Å²) in [6, 6.07) is 1.15. The second-order valence-electron chi connectivity index (χ2n) is 6.13. The molecule has 23 heavy (non-hydrogen) atoms. The Kier molecular flexibility index (Phi) is 6.15. The predicted molar refractivity (Wildman–Crippen MR) is 88.6 cm³/mol. The van der Waals surface area contributed by atoms with E-state index in [1.807, 2.05) is 13.8 Å². The highest BCUT2D eigenvalue weighted by molar-refractivity contribution is 5.77. The molecule has 0 spiro atoms. The van der Waals surface area contributed by atoms with E-state index in [4.69, 9.17) is 0 Å². The monoisotopic (exact) mass is 322 g/mol. The average Bonchev–Trinajstić information content (AvgIpc) is 2.59. The first-order valence-electron chi connectivity index (χ1n) is 8.25. The van der Waals surface area contributed by atoms with E-state index in [2.05, 4.69) is 20.2 Å². The highest BCUT2D eigenvalue weighted by Gasteiger charge is 2.26. The molecule has 3 atom stereocenters. The zero-order chi connectivity index (χ0) is 16.8. The smallest absolute Gasteiger partial charge is 0.326 e. The predicted octanol–water partition coefficient (Wildman–Crippen LogP) is 1.74. The maximum Gasteiger partial charge on any atom is 0.326 e. The van der Waals surface area contributed by atoms with Gasteiger partial charge in [0.15, 0.2) is 0 Å². The number of aromatic nitrogens is 2. The van der Waals surface area contributed by atoms with Crippen LogP contribution >= 0.6 is 0 Å². The van der Waals surface area contributed by atoms with Crippen LogP contribution in [0.5, 0.6) is 0 Å². The number of aliphatic hydroxyl groups is 1. The first kappa shape index (κ1) is 17.5. The molecular weight excluding hydrogens is 296 g/mol. The molecule has 1 aromatic heterocycles. The minimum absolute atomic E-state index is 0.00825. The Balaban J connectivity index is 2.17. The molecule has 2 heterocycles. The van der Waals surface area contributed by atoms with E-state index >= 15 is 0 Å². The molecule has 1 fully saturated rings. The molecule has 0 amide bonds. The number of carboxylic acids is 1. The Morgan fingerprint density at radius 1 is 1.48 bits per heavy atom. The number of carboxylic acid groups (broad SMARTS) is 1. The lowest BCUT2D eigenvalue weighted by Gasteiger charge is -2.35. The molecule has 7 heteroatoms. The summed E-state index contributed by atoms with van der Waals surface area (Å²) in [6.45, 7) is 4.81. The van der Waals surface area contributed by atoms with E-state index in [1.54, 1.807) is 6.07 Å². The van der Waals surface area contributed by atoms with Gasteiger partial charge in [-0.05, 0) is 25.2 Å². The number of anilines is 2. The van der Waals surface area contributed by atoms with Crippen LogP contribution in [0, 0.1) is 5.92 Å². The van der Waals surface area contributed by atoms with Gasteiger partial charge < -0.3 is 20.4 Å². The van der Waals surface area contributed by atoms with E-state index in [1.165, 1.54) is 6.33 Å². The van der Waals surface area contributed by atoms with Gasteiger partial charge in [-0.3, -0.25) is 0 Å². The Labute approximate surface area is 136 Å². The minimum Gasteiger partial charge on any atom is -0.480 e. The minimum atomic E-state index is -0.884. The first-order chi connectivity index (χ1) is 11.1. The summed E-state index contributed by atoms with van der Waals surface area (Å²) in [5.74, 6) is 0.344. The van der Waals surface area contributed by atoms with Crippen LogP contribution in [0.3, 0.4) is 0 Å². The Morgan fingerprint density at radius 2 is 2.26 bits per heavy atom.